The first-order valence-electron chi connectivity index (χ1n) is 7.36. The van der Waals surface area contributed by atoms with E-state index in [1.54, 1.807) is 18.2 Å². The Morgan fingerprint density at radius 2 is 2.05 bits per heavy atom. The van der Waals surface area contributed by atoms with Gasteiger partial charge < -0.3 is 14.8 Å². The predicted molar refractivity (Wildman–Crippen MR) is 78.6 cm³/mol. The fourth-order valence-electron chi connectivity index (χ4n) is 2.81. The lowest BCUT2D eigenvalue weighted by Crippen LogP contribution is -2.26. The lowest BCUT2D eigenvalue weighted by molar-refractivity contribution is 0.0956. The van der Waals surface area contributed by atoms with E-state index in [1.165, 1.54) is 12.0 Å². The smallest absolute Gasteiger partial charge is 0.251 e. The molecular weight excluding hydrogens is 266 g/mol. The number of ether oxygens (including phenoxy) is 2. The second-order valence-corrected chi connectivity index (χ2v) is 5.71. The molecule has 4 heteroatoms. The van der Waals surface area contributed by atoms with Crippen LogP contribution in [0.1, 0.15) is 16.8 Å². The summed E-state index contributed by atoms with van der Waals surface area (Å²) in [5, 5.41) is 2.96. The highest BCUT2D eigenvalue weighted by atomic mass is 16.6. The Morgan fingerprint density at radius 1 is 1.19 bits per heavy atom. The van der Waals surface area contributed by atoms with Crippen molar-refractivity contribution in [3.63, 3.8) is 0 Å². The van der Waals surface area contributed by atoms with Crippen LogP contribution in [0.2, 0.25) is 0 Å². The number of allylic oxidation sites excluding steroid dienone is 2. The number of nitrogens with one attached hydrogen (secondary N) is 1. The number of carbonyl (C=O) groups excluding carboxylic acids is 1. The average molecular weight is 283 g/mol. The van der Waals surface area contributed by atoms with Gasteiger partial charge in [0.1, 0.15) is 13.2 Å². The van der Waals surface area contributed by atoms with E-state index < -0.39 is 0 Å². The SMILES string of the molecule is O=C(NCC1=CC2CC2C=C1)c1ccc2c(c1)OCCO2. The molecule has 21 heavy (non-hydrogen) atoms. The van der Waals surface area contributed by atoms with Crippen LogP contribution < -0.4 is 14.8 Å². The predicted octanol–water partition coefficient (Wildman–Crippen LogP) is 2.32. The zero-order valence-electron chi connectivity index (χ0n) is 11.7. The van der Waals surface area contributed by atoms with Crippen molar-refractivity contribution in [1.82, 2.24) is 5.32 Å². The van der Waals surface area contributed by atoms with Gasteiger partial charge in [0, 0.05) is 12.1 Å². The summed E-state index contributed by atoms with van der Waals surface area (Å²) < 4.78 is 11.0. The maximum absolute atomic E-state index is 12.2. The lowest BCUT2D eigenvalue weighted by Gasteiger charge is -2.18. The lowest BCUT2D eigenvalue weighted by atomic mass is 10.1. The molecule has 108 valence electrons. The van der Waals surface area contributed by atoms with E-state index in [9.17, 15) is 4.79 Å². The molecule has 2 aliphatic carbocycles. The third-order valence-electron chi connectivity index (χ3n) is 4.13. The summed E-state index contributed by atoms with van der Waals surface area (Å²) in [5.41, 5.74) is 1.79. The summed E-state index contributed by atoms with van der Waals surface area (Å²) in [6.07, 6.45) is 7.90. The summed E-state index contributed by atoms with van der Waals surface area (Å²) in [4.78, 5) is 12.2. The summed E-state index contributed by atoms with van der Waals surface area (Å²) in [5.74, 6) is 2.72. The molecule has 0 bridgehead atoms. The summed E-state index contributed by atoms with van der Waals surface area (Å²) in [7, 11) is 0. The van der Waals surface area contributed by atoms with Gasteiger partial charge in [0.05, 0.1) is 0 Å². The van der Waals surface area contributed by atoms with Gasteiger partial charge in [0.25, 0.3) is 5.91 Å². The van der Waals surface area contributed by atoms with Gasteiger partial charge in [-0.1, -0.05) is 18.2 Å². The molecule has 1 aromatic carbocycles. The highest BCUT2D eigenvalue weighted by molar-refractivity contribution is 5.95. The molecule has 0 radical (unpaired) electrons. The Morgan fingerprint density at radius 3 is 2.90 bits per heavy atom. The van der Waals surface area contributed by atoms with Crippen LogP contribution in [0.5, 0.6) is 11.5 Å². The molecule has 3 aliphatic rings. The van der Waals surface area contributed by atoms with Crippen molar-refractivity contribution in [2.45, 2.75) is 6.42 Å². The molecule has 1 heterocycles. The zero-order valence-corrected chi connectivity index (χ0v) is 11.7. The van der Waals surface area contributed by atoms with E-state index in [2.05, 4.69) is 23.5 Å². The Bertz CT molecular complexity index is 647. The van der Waals surface area contributed by atoms with Crippen LogP contribution in [0.4, 0.5) is 0 Å². The number of benzene rings is 1. The molecule has 4 rings (SSSR count). The number of amides is 1. The van der Waals surface area contributed by atoms with Gasteiger partial charge in [0.2, 0.25) is 0 Å². The number of carbonyl (C=O) groups is 1. The quantitative estimate of drug-likeness (QED) is 0.926. The fraction of sp³-hybridized carbons (Fsp3) is 0.353. The molecule has 2 atom stereocenters. The number of fused-ring (bicyclic) bond motifs is 2. The minimum atomic E-state index is -0.0841. The second kappa shape index (κ2) is 4.95. The molecule has 0 spiro atoms. The minimum absolute atomic E-state index is 0.0841. The number of rotatable bonds is 3. The van der Waals surface area contributed by atoms with Gasteiger partial charge in [-0.25, -0.2) is 0 Å². The second-order valence-electron chi connectivity index (χ2n) is 5.71. The Kier molecular flexibility index (Phi) is 2.95. The first-order chi connectivity index (χ1) is 10.3. The molecule has 1 N–H and O–H groups in total. The third-order valence-corrected chi connectivity index (χ3v) is 4.13. The highest BCUT2D eigenvalue weighted by Crippen LogP contribution is 2.44. The van der Waals surface area contributed by atoms with Crippen LogP contribution in [0.3, 0.4) is 0 Å². The largest absolute Gasteiger partial charge is 0.486 e. The van der Waals surface area contributed by atoms with E-state index >= 15 is 0 Å². The van der Waals surface area contributed by atoms with Gasteiger partial charge >= 0.3 is 0 Å². The zero-order chi connectivity index (χ0) is 14.2. The number of hydrogen-bond donors (Lipinski definition) is 1. The van der Waals surface area contributed by atoms with Gasteiger partial charge in [-0.2, -0.15) is 0 Å². The van der Waals surface area contributed by atoms with Crippen molar-refractivity contribution in [1.29, 1.82) is 0 Å². The Hall–Kier alpha value is -2.23. The molecule has 0 aromatic heterocycles. The van der Waals surface area contributed by atoms with Crippen molar-refractivity contribution in [2.24, 2.45) is 11.8 Å². The normalized spacial score (nSPS) is 24.9. The van der Waals surface area contributed by atoms with Gasteiger partial charge in [-0.05, 0) is 42.0 Å². The first kappa shape index (κ1) is 12.5. The monoisotopic (exact) mass is 283 g/mol. The molecule has 1 aliphatic heterocycles. The van der Waals surface area contributed by atoms with Crippen LogP contribution in [0, 0.1) is 11.8 Å². The van der Waals surface area contributed by atoms with Gasteiger partial charge in [0.15, 0.2) is 11.5 Å². The fourth-order valence-corrected chi connectivity index (χ4v) is 2.81. The van der Waals surface area contributed by atoms with E-state index in [-0.39, 0.29) is 5.91 Å². The van der Waals surface area contributed by atoms with Crippen molar-refractivity contribution in [2.75, 3.05) is 19.8 Å². The number of hydrogen-bond acceptors (Lipinski definition) is 3. The van der Waals surface area contributed by atoms with E-state index in [0.717, 1.165) is 5.92 Å². The first-order valence-corrected chi connectivity index (χ1v) is 7.36. The van der Waals surface area contributed by atoms with Gasteiger partial charge in [-0.15, -0.1) is 0 Å². The molecule has 1 saturated carbocycles. The van der Waals surface area contributed by atoms with Crippen LogP contribution >= 0.6 is 0 Å². The molecule has 1 amide bonds. The average Bonchev–Trinajstić information content (AvgIpc) is 3.30. The Labute approximate surface area is 123 Å². The molecule has 1 fully saturated rings. The van der Waals surface area contributed by atoms with Crippen LogP contribution in [-0.4, -0.2) is 25.7 Å². The van der Waals surface area contributed by atoms with Crippen molar-refractivity contribution in [3.05, 3.63) is 47.6 Å². The molecular formula is C17H17NO3. The van der Waals surface area contributed by atoms with E-state index in [0.29, 0.717) is 42.7 Å². The molecule has 2 unspecified atom stereocenters. The Balaban J connectivity index is 1.41. The van der Waals surface area contributed by atoms with Crippen molar-refractivity contribution < 1.29 is 14.3 Å². The maximum atomic E-state index is 12.2. The summed E-state index contributed by atoms with van der Waals surface area (Å²) in [6, 6.07) is 5.30. The van der Waals surface area contributed by atoms with Crippen LogP contribution in [0.15, 0.2) is 42.0 Å². The van der Waals surface area contributed by atoms with Crippen LogP contribution in [0.25, 0.3) is 0 Å². The van der Waals surface area contributed by atoms with E-state index in [1.807, 2.05) is 0 Å². The highest BCUT2D eigenvalue weighted by Gasteiger charge is 2.34. The standard InChI is InChI=1S/C17H17NO3/c19-17(18-10-11-1-2-12-8-14(12)7-11)13-3-4-15-16(9-13)21-6-5-20-15/h1-4,7,9,12,14H,5-6,8,10H2,(H,18,19). The third kappa shape index (κ3) is 2.53. The maximum Gasteiger partial charge on any atom is 0.251 e. The van der Waals surface area contributed by atoms with Crippen molar-refractivity contribution >= 4 is 5.91 Å². The molecule has 4 nitrogen and oxygen atoms in total. The van der Waals surface area contributed by atoms with Crippen molar-refractivity contribution in [3.8, 4) is 11.5 Å². The molecule has 0 saturated heterocycles. The van der Waals surface area contributed by atoms with Crippen LogP contribution in [-0.2, 0) is 0 Å². The summed E-state index contributed by atoms with van der Waals surface area (Å²) in [6.45, 7) is 1.66. The topological polar surface area (TPSA) is 47.6 Å². The summed E-state index contributed by atoms with van der Waals surface area (Å²) >= 11 is 0. The molecule has 1 aromatic rings. The van der Waals surface area contributed by atoms with E-state index in [4.69, 9.17) is 9.47 Å². The van der Waals surface area contributed by atoms with Gasteiger partial charge in [-0.3, -0.25) is 4.79 Å². The minimum Gasteiger partial charge on any atom is -0.486 e.